The Balaban J connectivity index is 0.00000676. The monoisotopic (exact) mass is 495 g/mol. The molecule has 0 aromatic heterocycles. The molecule has 0 aromatic rings. The number of hydrogen-bond donors (Lipinski definition) is 1. The number of hydrogen-bond acceptors (Lipinski definition) is 4. The number of aliphatic imine (C=N–C) groups is 1. The first-order valence-electron chi connectivity index (χ1n) is 9.50. The molecule has 1 N–H and O–H groups in total. The third-order valence-corrected chi connectivity index (χ3v) is 4.21. The highest BCUT2D eigenvalue weighted by molar-refractivity contribution is 14.0. The van der Waals surface area contributed by atoms with E-state index in [1.54, 1.807) is 4.90 Å². The highest BCUT2D eigenvalue weighted by Crippen LogP contribution is 2.11. The van der Waals surface area contributed by atoms with Gasteiger partial charge in [-0.1, -0.05) is 6.08 Å². The first-order chi connectivity index (χ1) is 12.3. The van der Waals surface area contributed by atoms with Gasteiger partial charge in [0, 0.05) is 59.9 Å². The molecule has 0 atom stereocenters. The minimum Gasteiger partial charge on any atom is -0.444 e. The van der Waals surface area contributed by atoms with Crippen LogP contribution in [-0.2, 0) is 4.74 Å². The average molecular weight is 495 g/mol. The summed E-state index contributed by atoms with van der Waals surface area (Å²) < 4.78 is 5.43. The molecule has 1 aliphatic rings. The Hall–Kier alpha value is -1.03. The number of carbonyl (C=O) groups excluding carboxylic acids is 1. The maximum absolute atomic E-state index is 12.1. The summed E-state index contributed by atoms with van der Waals surface area (Å²) in [6, 6.07) is 0. The fraction of sp³-hybridized carbons (Fsp3) is 0.789. The minimum atomic E-state index is -0.439. The number of amides is 1. The van der Waals surface area contributed by atoms with Crippen LogP contribution in [0.3, 0.4) is 0 Å². The molecule has 1 saturated heterocycles. The lowest BCUT2D eigenvalue weighted by Crippen LogP contribution is -2.51. The lowest BCUT2D eigenvalue weighted by atomic mass is 10.2. The number of halogens is 1. The molecule has 0 aromatic carbocycles. The predicted molar refractivity (Wildman–Crippen MR) is 123 cm³/mol. The van der Waals surface area contributed by atoms with Crippen molar-refractivity contribution in [3.63, 3.8) is 0 Å². The van der Waals surface area contributed by atoms with E-state index in [1.165, 1.54) is 0 Å². The van der Waals surface area contributed by atoms with Gasteiger partial charge in [0.2, 0.25) is 0 Å². The number of guanidine groups is 1. The highest BCUT2D eigenvalue weighted by Gasteiger charge is 2.25. The number of ether oxygens (including phenoxy) is 1. The first-order valence-corrected chi connectivity index (χ1v) is 9.50. The van der Waals surface area contributed by atoms with Crippen LogP contribution in [0.15, 0.2) is 17.6 Å². The maximum atomic E-state index is 12.1. The van der Waals surface area contributed by atoms with Gasteiger partial charge in [0.25, 0.3) is 0 Å². The average Bonchev–Trinajstić information content (AvgIpc) is 2.58. The third-order valence-electron chi connectivity index (χ3n) is 4.21. The van der Waals surface area contributed by atoms with Crippen molar-refractivity contribution in [1.82, 2.24) is 20.0 Å². The van der Waals surface area contributed by atoms with Crippen molar-refractivity contribution < 1.29 is 9.53 Å². The van der Waals surface area contributed by atoms with Crippen molar-refractivity contribution in [3.05, 3.63) is 12.7 Å². The van der Waals surface area contributed by atoms with Gasteiger partial charge in [-0.15, -0.1) is 30.6 Å². The van der Waals surface area contributed by atoms with Gasteiger partial charge in [-0.05, 0) is 33.6 Å². The molecule has 1 fully saturated rings. The minimum absolute atomic E-state index is 0. The van der Waals surface area contributed by atoms with E-state index < -0.39 is 5.60 Å². The summed E-state index contributed by atoms with van der Waals surface area (Å²) in [5, 5.41) is 3.41. The van der Waals surface area contributed by atoms with Crippen molar-refractivity contribution in [3.8, 4) is 0 Å². The Kier molecular flexibility index (Phi) is 12.7. The summed E-state index contributed by atoms with van der Waals surface area (Å²) >= 11 is 0. The Morgan fingerprint density at radius 1 is 1.30 bits per heavy atom. The number of rotatable bonds is 7. The van der Waals surface area contributed by atoms with E-state index in [-0.39, 0.29) is 30.1 Å². The maximum Gasteiger partial charge on any atom is 0.410 e. The molecule has 27 heavy (non-hydrogen) atoms. The lowest BCUT2D eigenvalue weighted by molar-refractivity contribution is 0.0147. The summed E-state index contributed by atoms with van der Waals surface area (Å²) in [5.41, 5.74) is -0.439. The van der Waals surface area contributed by atoms with Crippen LogP contribution in [0.1, 0.15) is 33.6 Å². The van der Waals surface area contributed by atoms with E-state index in [1.807, 2.05) is 33.9 Å². The molecule has 0 aliphatic carbocycles. The fourth-order valence-corrected chi connectivity index (χ4v) is 2.77. The molecule has 0 radical (unpaired) electrons. The summed E-state index contributed by atoms with van der Waals surface area (Å²) in [6.07, 6.45) is 3.83. The van der Waals surface area contributed by atoms with Crippen LogP contribution >= 0.6 is 24.0 Å². The standard InChI is InChI=1S/C19H37N5O2.HI/c1-7-8-9-11-22(6)17(20-5)21-10-12-23-13-15-24(16-14-23)18(25)26-19(2,3)4;/h7H,1,8-16H2,2-6H3,(H,20,21);1H. The third kappa shape index (κ3) is 10.8. The smallest absolute Gasteiger partial charge is 0.410 e. The van der Waals surface area contributed by atoms with Crippen LogP contribution in [-0.4, -0.2) is 92.3 Å². The van der Waals surface area contributed by atoms with Gasteiger partial charge < -0.3 is 19.9 Å². The zero-order chi connectivity index (χ0) is 19.6. The molecule has 158 valence electrons. The molecule has 0 spiro atoms. The molecule has 0 bridgehead atoms. The summed E-state index contributed by atoms with van der Waals surface area (Å²) in [4.78, 5) is 22.7. The Morgan fingerprint density at radius 3 is 2.44 bits per heavy atom. The van der Waals surface area contributed by atoms with Gasteiger partial charge in [0.15, 0.2) is 5.96 Å². The molecule has 1 amide bonds. The van der Waals surface area contributed by atoms with Crippen molar-refractivity contribution in [2.45, 2.75) is 39.2 Å². The number of nitrogens with one attached hydrogen (secondary N) is 1. The largest absolute Gasteiger partial charge is 0.444 e. The lowest BCUT2D eigenvalue weighted by Gasteiger charge is -2.35. The SMILES string of the molecule is C=CCCCN(C)C(=NC)NCCN1CCN(C(=O)OC(C)(C)C)CC1.I. The Labute approximate surface area is 182 Å². The normalized spacial score (nSPS) is 15.7. The van der Waals surface area contributed by atoms with Gasteiger partial charge in [-0.3, -0.25) is 9.89 Å². The zero-order valence-electron chi connectivity index (χ0n) is 17.7. The fourth-order valence-electron chi connectivity index (χ4n) is 2.77. The van der Waals surface area contributed by atoms with Gasteiger partial charge in [-0.25, -0.2) is 4.79 Å². The van der Waals surface area contributed by atoms with Crippen LogP contribution in [0, 0.1) is 0 Å². The zero-order valence-corrected chi connectivity index (χ0v) is 20.0. The van der Waals surface area contributed by atoms with Crippen molar-refractivity contribution in [2.75, 3.05) is 59.9 Å². The second kappa shape index (κ2) is 13.2. The molecule has 7 nitrogen and oxygen atoms in total. The van der Waals surface area contributed by atoms with Crippen LogP contribution in [0.5, 0.6) is 0 Å². The highest BCUT2D eigenvalue weighted by atomic mass is 127. The van der Waals surface area contributed by atoms with E-state index in [2.05, 4.69) is 33.7 Å². The predicted octanol–water partition coefficient (Wildman–Crippen LogP) is 2.63. The number of piperazine rings is 1. The van der Waals surface area contributed by atoms with Gasteiger partial charge in [0.1, 0.15) is 5.60 Å². The first kappa shape index (κ1) is 26.0. The second-order valence-corrected chi connectivity index (χ2v) is 7.64. The topological polar surface area (TPSA) is 60.4 Å². The van der Waals surface area contributed by atoms with E-state index in [0.717, 1.165) is 51.5 Å². The van der Waals surface area contributed by atoms with Crippen LogP contribution in [0.4, 0.5) is 4.79 Å². The number of unbranched alkanes of at least 4 members (excludes halogenated alkanes) is 1. The molecule has 8 heteroatoms. The number of nitrogens with zero attached hydrogens (tertiary/aromatic N) is 4. The van der Waals surface area contributed by atoms with E-state index in [9.17, 15) is 4.79 Å². The molecular weight excluding hydrogens is 457 g/mol. The van der Waals surface area contributed by atoms with Gasteiger partial charge in [-0.2, -0.15) is 0 Å². The summed E-state index contributed by atoms with van der Waals surface area (Å²) in [5.74, 6) is 0.918. The number of carbonyl (C=O) groups is 1. The van der Waals surface area contributed by atoms with Crippen molar-refractivity contribution in [2.24, 2.45) is 4.99 Å². The molecule has 1 rings (SSSR count). The van der Waals surface area contributed by atoms with Crippen LogP contribution < -0.4 is 5.32 Å². The molecule has 1 aliphatic heterocycles. The summed E-state index contributed by atoms with van der Waals surface area (Å²) in [7, 11) is 3.87. The Morgan fingerprint density at radius 2 is 1.93 bits per heavy atom. The van der Waals surface area contributed by atoms with E-state index in [0.29, 0.717) is 13.1 Å². The quantitative estimate of drug-likeness (QED) is 0.194. The van der Waals surface area contributed by atoms with Crippen LogP contribution in [0.25, 0.3) is 0 Å². The van der Waals surface area contributed by atoms with Crippen molar-refractivity contribution in [1.29, 1.82) is 0 Å². The number of allylic oxidation sites excluding steroid dienone is 1. The molecule has 0 unspecified atom stereocenters. The Bertz CT molecular complexity index is 471. The van der Waals surface area contributed by atoms with Gasteiger partial charge >= 0.3 is 6.09 Å². The van der Waals surface area contributed by atoms with E-state index >= 15 is 0 Å². The van der Waals surface area contributed by atoms with Crippen molar-refractivity contribution >= 4 is 36.0 Å². The van der Waals surface area contributed by atoms with Gasteiger partial charge in [0.05, 0.1) is 0 Å². The van der Waals surface area contributed by atoms with Crippen LogP contribution in [0.2, 0.25) is 0 Å². The second-order valence-electron chi connectivity index (χ2n) is 7.64. The summed E-state index contributed by atoms with van der Waals surface area (Å²) in [6.45, 7) is 15.3. The molecular formula is C19H38IN5O2. The molecule has 1 heterocycles. The molecule has 0 saturated carbocycles. The van der Waals surface area contributed by atoms with E-state index in [4.69, 9.17) is 4.74 Å².